The molecule has 0 spiro atoms. The van der Waals surface area contributed by atoms with E-state index in [1.807, 2.05) is 31.2 Å². The molecule has 1 heterocycles. The zero-order chi connectivity index (χ0) is 11.8. The van der Waals surface area contributed by atoms with Crippen molar-refractivity contribution in [3.63, 3.8) is 0 Å². The first kappa shape index (κ1) is 10.2. The number of aromatic hydroxyl groups is 1. The van der Waals surface area contributed by atoms with Gasteiger partial charge in [-0.2, -0.15) is 0 Å². The maximum atomic E-state index is 9.90. The highest BCUT2D eigenvalue weighted by atomic mass is 16.5. The second-order valence-corrected chi connectivity index (χ2v) is 4.36. The number of phenols is 1. The second kappa shape index (κ2) is 3.81. The largest absolute Gasteiger partial charge is 0.508 e. The van der Waals surface area contributed by atoms with Gasteiger partial charge in [0.2, 0.25) is 0 Å². The van der Waals surface area contributed by atoms with Crippen LogP contribution in [-0.2, 0) is 6.42 Å². The van der Waals surface area contributed by atoms with Crippen LogP contribution in [0, 0.1) is 6.92 Å². The lowest BCUT2D eigenvalue weighted by Crippen LogP contribution is -1.91. The molecule has 1 aliphatic heterocycles. The fourth-order valence-corrected chi connectivity index (χ4v) is 2.43. The van der Waals surface area contributed by atoms with Gasteiger partial charge in [0.15, 0.2) is 0 Å². The van der Waals surface area contributed by atoms with E-state index in [9.17, 15) is 5.11 Å². The molecule has 2 aromatic rings. The summed E-state index contributed by atoms with van der Waals surface area (Å²) in [6.07, 6.45) is 0.793. The van der Waals surface area contributed by atoms with Gasteiger partial charge in [-0.1, -0.05) is 30.3 Å². The molecule has 0 fully saturated rings. The number of phenolic OH excluding ortho intramolecular Hbond substituents is 1. The summed E-state index contributed by atoms with van der Waals surface area (Å²) < 4.78 is 5.69. The predicted molar refractivity (Wildman–Crippen MR) is 67.5 cm³/mol. The summed E-state index contributed by atoms with van der Waals surface area (Å²) in [5.41, 5.74) is 4.24. The molecule has 2 nitrogen and oxygen atoms in total. The van der Waals surface area contributed by atoms with E-state index < -0.39 is 0 Å². The van der Waals surface area contributed by atoms with Gasteiger partial charge in [0.05, 0.1) is 6.61 Å². The molecule has 0 atom stereocenters. The normalized spacial score (nSPS) is 13.2. The van der Waals surface area contributed by atoms with Gasteiger partial charge >= 0.3 is 0 Å². The van der Waals surface area contributed by atoms with Gasteiger partial charge in [-0.05, 0) is 24.1 Å². The lowest BCUT2D eigenvalue weighted by Gasteiger charge is -2.12. The zero-order valence-electron chi connectivity index (χ0n) is 9.73. The van der Waals surface area contributed by atoms with Crippen molar-refractivity contribution in [3.8, 4) is 22.6 Å². The maximum Gasteiger partial charge on any atom is 0.134 e. The SMILES string of the molecule is Cc1cc(O)c2c(c1-c1ccccc1)OCC2. The van der Waals surface area contributed by atoms with Gasteiger partial charge in [-0.25, -0.2) is 0 Å². The molecule has 0 aliphatic carbocycles. The molecule has 1 aliphatic rings. The number of fused-ring (bicyclic) bond motifs is 1. The first-order chi connectivity index (χ1) is 8.27. The molecule has 0 saturated carbocycles. The summed E-state index contributed by atoms with van der Waals surface area (Å²) in [5.74, 6) is 1.21. The monoisotopic (exact) mass is 226 g/mol. The summed E-state index contributed by atoms with van der Waals surface area (Å²) in [6, 6.07) is 12.0. The first-order valence-corrected chi connectivity index (χ1v) is 5.81. The molecular weight excluding hydrogens is 212 g/mol. The van der Waals surface area contributed by atoms with Gasteiger partial charge in [-0.3, -0.25) is 0 Å². The summed E-state index contributed by atoms with van der Waals surface area (Å²) in [4.78, 5) is 0. The van der Waals surface area contributed by atoms with Crippen LogP contribution in [0.4, 0.5) is 0 Å². The van der Waals surface area contributed by atoms with Gasteiger partial charge in [0.1, 0.15) is 11.5 Å². The molecular formula is C15H14O2. The third-order valence-corrected chi connectivity index (χ3v) is 3.22. The average Bonchev–Trinajstić information content (AvgIpc) is 2.79. The third-order valence-electron chi connectivity index (χ3n) is 3.22. The van der Waals surface area contributed by atoms with Crippen LogP contribution < -0.4 is 4.74 Å². The van der Waals surface area contributed by atoms with Crippen LogP contribution in [0.5, 0.6) is 11.5 Å². The van der Waals surface area contributed by atoms with Crippen molar-refractivity contribution in [1.29, 1.82) is 0 Å². The Balaban J connectivity index is 2.28. The highest BCUT2D eigenvalue weighted by Gasteiger charge is 2.22. The van der Waals surface area contributed by atoms with Gasteiger partial charge in [0, 0.05) is 17.5 Å². The Morgan fingerprint density at radius 1 is 1.18 bits per heavy atom. The zero-order valence-corrected chi connectivity index (χ0v) is 9.73. The van der Waals surface area contributed by atoms with Crippen LogP contribution in [0.25, 0.3) is 11.1 Å². The van der Waals surface area contributed by atoms with Crippen molar-refractivity contribution in [1.82, 2.24) is 0 Å². The highest BCUT2D eigenvalue weighted by molar-refractivity contribution is 5.78. The van der Waals surface area contributed by atoms with Crippen LogP contribution in [0.3, 0.4) is 0 Å². The molecule has 17 heavy (non-hydrogen) atoms. The molecule has 0 aromatic heterocycles. The minimum atomic E-state index is 0.356. The lowest BCUT2D eigenvalue weighted by molar-refractivity contribution is 0.358. The molecule has 0 radical (unpaired) electrons. The molecule has 0 unspecified atom stereocenters. The number of hydrogen-bond acceptors (Lipinski definition) is 2. The molecule has 86 valence electrons. The van der Waals surface area contributed by atoms with Crippen molar-refractivity contribution >= 4 is 0 Å². The van der Waals surface area contributed by atoms with Crippen molar-refractivity contribution in [2.24, 2.45) is 0 Å². The highest BCUT2D eigenvalue weighted by Crippen LogP contribution is 2.43. The van der Waals surface area contributed by atoms with Crippen LogP contribution in [0.15, 0.2) is 36.4 Å². The first-order valence-electron chi connectivity index (χ1n) is 5.81. The van der Waals surface area contributed by atoms with Gasteiger partial charge in [0.25, 0.3) is 0 Å². The van der Waals surface area contributed by atoms with Gasteiger partial charge in [-0.15, -0.1) is 0 Å². The van der Waals surface area contributed by atoms with E-state index in [0.717, 1.165) is 34.4 Å². The Morgan fingerprint density at radius 3 is 2.71 bits per heavy atom. The Kier molecular flexibility index (Phi) is 2.29. The quantitative estimate of drug-likeness (QED) is 0.808. The van der Waals surface area contributed by atoms with Crippen LogP contribution in [0.2, 0.25) is 0 Å². The van der Waals surface area contributed by atoms with E-state index in [-0.39, 0.29) is 0 Å². The molecule has 1 N–H and O–H groups in total. The number of ether oxygens (including phenoxy) is 1. The van der Waals surface area contributed by atoms with Crippen LogP contribution in [-0.4, -0.2) is 11.7 Å². The molecule has 0 amide bonds. The van der Waals surface area contributed by atoms with E-state index >= 15 is 0 Å². The Morgan fingerprint density at radius 2 is 1.94 bits per heavy atom. The van der Waals surface area contributed by atoms with Crippen molar-refractivity contribution in [2.75, 3.05) is 6.61 Å². The summed E-state index contributed by atoms with van der Waals surface area (Å²) >= 11 is 0. The second-order valence-electron chi connectivity index (χ2n) is 4.36. The lowest BCUT2D eigenvalue weighted by atomic mass is 9.96. The Bertz CT molecular complexity index is 559. The van der Waals surface area contributed by atoms with Crippen molar-refractivity contribution in [3.05, 3.63) is 47.5 Å². The average molecular weight is 226 g/mol. The summed E-state index contributed by atoms with van der Waals surface area (Å²) in [7, 11) is 0. The van der Waals surface area contributed by atoms with E-state index in [4.69, 9.17) is 4.74 Å². The standard InChI is InChI=1S/C15H14O2/c1-10-9-13(16)12-7-8-17-15(12)14(10)11-5-3-2-4-6-11/h2-6,9,16H,7-8H2,1H3. The van der Waals surface area contributed by atoms with E-state index in [2.05, 4.69) is 12.1 Å². The predicted octanol–water partition coefficient (Wildman–Crippen LogP) is 3.30. The topological polar surface area (TPSA) is 29.5 Å². The molecule has 0 bridgehead atoms. The van der Waals surface area contributed by atoms with Crippen molar-refractivity contribution in [2.45, 2.75) is 13.3 Å². The maximum absolute atomic E-state index is 9.90. The van der Waals surface area contributed by atoms with Crippen LogP contribution >= 0.6 is 0 Å². The van der Waals surface area contributed by atoms with Crippen LogP contribution in [0.1, 0.15) is 11.1 Å². The number of benzene rings is 2. The van der Waals surface area contributed by atoms with E-state index in [1.54, 1.807) is 0 Å². The summed E-state index contributed by atoms with van der Waals surface area (Å²) in [5, 5.41) is 9.90. The minimum absolute atomic E-state index is 0.356. The number of hydrogen-bond donors (Lipinski definition) is 1. The number of rotatable bonds is 1. The number of aryl methyl sites for hydroxylation is 1. The summed E-state index contributed by atoms with van der Waals surface area (Å²) in [6.45, 7) is 2.66. The van der Waals surface area contributed by atoms with E-state index in [0.29, 0.717) is 12.4 Å². The molecule has 2 heteroatoms. The van der Waals surface area contributed by atoms with Crippen molar-refractivity contribution < 1.29 is 9.84 Å². The fraction of sp³-hybridized carbons (Fsp3) is 0.200. The fourth-order valence-electron chi connectivity index (χ4n) is 2.43. The molecule has 3 rings (SSSR count). The smallest absolute Gasteiger partial charge is 0.134 e. The minimum Gasteiger partial charge on any atom is -0.508 e. The molecule has 0 saturated heterocycles. The Labute approximate surface area is 100 Å². The molecule has 2 aromatic carbocycles. The Hall–Kier alpha value is -1.96. The van der Waals surface area contributed by atoms with E-state index in [1.165, 1.54) is 0 Å². The third kappa shape index (κ3) is 1.57. The van der Waals surface area contributed by atoms with Gasteiger partial charge < -0.3 is 9.84 Å².